The van der Waals surface area contributed by atoms with Gasteiger partial charge in [0.05, 0.1) is 0 Å². The summed E-state index contributed by atoms with van der Waals surface area (Å²) in [6.45, 7) is 3.05. The van der Waals surface area contributed by atoms with E-state index < -0.39 is 0 Å². The van der Waals surface area contributed by atoms with Gasteiger partial charge in [-0.1, -0.05) is 74.0 Å². The predicted octanol–water partition coefficient (Wildman–Crippen LogP) is 4.50. The number of pyridine rings is 1. The lowest BCUT2D eigenvalue weighted by molar-refractivity contribution is 0.546. The summed E-state index contributed by atoms with van der Waals surface area (Å²) >= 11 is 0. The SMILES string of the molecule is CCCCn1nc(Cc2ccccc2)nc1Cc1ccc(-c2ccccc2-c2nnn[nH]2)cn1. The van der Waals surface area contributed by atoms with Gasteiger partial charge in [-0.3, -0.25) is 4.98 Å². The predicted molar refractivity (Wildman–Crippen MR) is 130 cm³/mol. The number of nitrogens with zero attached hydrogens (tertiary/aromatic N) is 7. The van der Waals surface area contributed by atoms with Crippen LogP contribution in [0, 0.1) is 0 Å². The van der Waals surface area contributed by atoms with Crippen LogP contribution in [0.2, 0.25) is 0 Å². The summed E-state index contributed by atoms with van der Waals surface area (Å²) in [6.07, 6.45) is 5.45. The van der Waals surface area contributed by atoms with E-state index in [0.29, 0.717) is 12.2 Å². The van der Waals surface area contributed by atoms with Crippen molar-refractivity contribution in [2.45, 2.75) is 39.2 Å². The lowest BCUT2D eigenvalue weighted by Gasteiger charge is -2.08. The molecular formula is C26H26N8. The zero-order valence-electron chi connectivity index (χ0n) is 19.1. The highest BCUT2D eigenvalue weighted by Gasteiger charge is 2.14. The van der Waals surface area contributed by atoms with Crippen molar-refractivity contribution in [3.8, 4) is 22.5 Å². The van der Waals surface area contributed by atoms with Gasteiger partial charge in [0.2, 0.25) is 0 Å². The van der Waals surface area contributed by atoms with E-state index in [1.807, 2.05) is 53.3 Å². The van der Waals surface area contributed by atoms with E-state index in [2.05, 4.69) is 51.8 Å². The van der Waals surface area contributed by atoms with Gasteiger partial charge in [0, 0.05) is 42.4 Å². The van der Waals surface area contributed by atoms with Crippen molar-refractivity contribution < 1.29 is 0 Å². The minimum atomic E-state index is 0.634. The van der Waals surface area contributed by atoms with Gasteiger partial charge in [-0.05, 0) is 34.0 Å². The van der Waals surface area contributed by atoms with Gasteiger partial charge in [-0.2, -0.15) is 5.10 Å². The summed E-state index contributed by atoms with van der Waals surface area (Å²) in [4.78, 5) is 9.61. The van der Waals surface area contributed by atoms with Crippen molar-refractivity contribution in [2.24, 2.45) is 0 Å². The third-order valence-electron chi connectivity index (χ3n) is 5.72. The Balaban J connectivity index is 1.38. The molecule has 0 aliphatic heterocycles. The van der Waals surface area contributed by atoms with Crippen LogP contribution in [0.3, 0.4) is 0 Å². The minimum absolute atomic E-state index is 0.634. The number of aromatic amines is 1. The van der Waals surface area contributed by atoms with Crippen molar-refractivity contribution in [2.75, 3.05) is 0 Å². The first-order valence-electron chi connectivity index (χ1n) is 11.5. The molecule has 3 heterocycles. The van der Waals surface area contributed by atoms with E-state index in [9.17, 15) is 0 Å². The average Bonchev–Trinajstić information content (AvgIpc) is 3.54. The van der Waals surface area contributed by atoms with Crippen molar-refractivity contribution in [3.63, 3.8) is 0 Å². The second-order valence-corrected chi connectivity index (χ2v) is 8.19. The third kappa shape index (κ3) is 4.91. The highest BCUT2D eigenvalue weighted by atomic mass is 15.5. The average molecular weight is 451 g/mol. The summed E-state index contributed by atoms with van der Waals surface area (Å²) in [7, 11) is 0. The molecule has 8 nitrogen and oxygen atoms in total. The van der Waals surface area contributed by atoms with E-state index in [4.69, 9.17) is 15.1 Å². The Morgan fingerprint density at radius 1 is 0.882 bits per heavy atom. The van der Waals surface area contributed by atoms with E-state index in [0.717, 1.165) is 59.8 Å². The molecule has 0 radical (unpaired) electrons. The van der Waals surface area contributed by atoms with Crippen LogP contribution in [-0.4, -0.2) is 40.4 Å². The highest BCUT2D eigenvalue weighted by Crippen LogP contribution is 2.29. The smallest absolute Gasteiger partial charge is 0.180 e. The normalized spacial score (nSPS) is 11.1. The summed E-state index contributed by atoms with van der Waals surface area (Å²) in [6, 6.07) is 22.5. The van der Waals surface area contributed by atoms with Crippen LogP contribution < -0.4 is 0 Å². The molecular weight excluding hydrogens is 424 g/mol. The quantitative estimate of drug-likeness (QED) is 0.355. The maximum atomic E-state index is 4.87. The highest BCUT2D eigenvalue weighted by molar-refractivity contribution is 5.79. The minimum Gasteiger partial charge on any atom is -0.260 e. The Labute approximate surface area is 198 Å². The molecule has 34 heavy (non-hydrogen) atoms. The first kappa shape index (κ1) is 21.6. The molecule has 3 aromatic heterocycles. The Morgan fingerprint density at radius 2 is 1.71 bits per heavy atom. The maximum absolute atomic E-state index is 4.87. The first-order valence-corrected chi connectivity index (χ1v) is 11.5. The number of hydrogen-bond donors (Lipinski definition) is 1. The van der Waals surface area contributed by atoms with Crippen LogP contribution in [-0.2, 0) is 19.4 Å². The monoisotopic (exact) mass is 450 g/mol. The fourth-order valence-corrected chi connectivity index (χ4v) is 3.96. The number of H-pyrrole nitrogens is 1. The Bertz CT molecular complexity index is 1330. The van der Waals surface area contributed by atoms with Crippen LogP contribution in [0.1, 0.15) is 42.7 Å². The molecule has 0 saturated carbocycles. The topological polar surface area (TPSA) is 98.1 Å². The fourth-order valence-electron chi connectivity index (χ4n) is 3.96. The molecule has 0 atom stereocenters. The van der Waals surface area contributed by atoms with Gasteiger partial charge in [0.1, 0.15) is 5.82 Å². The van der Waals surface area contributed by atoms with Crippen LogP contribution in [0.15, 0.2) is 72.9 Å². The molecule has 0 saturated heterocycles. The fraction of sp³-hybridized carbons (Fsp3) is 0.231. The number of aromatic nitrogens is 8. The largest absolute Gasteiger partial charge is 0.260 e. The number of hydrogen-bond acceptors (Lipinski definition) is 6. The lowest BCUT2D eigenvalue weighted by Crippen LogP contribution is -2.07. The van der Waals surface area contributed by atoms with E-state index in [1.165, 1.54) is 5.56 Å². The molecule has 0 amide bonds. The van der Waals surface area contributed by atoms with Crippen LogP contribution in [0.25, 0.3) is 22.5 Å². The zero-order valence-corrected chi connectivity index (χ0v) is 19.1. The number of tetrazole rings is 1. The molecule has 8 heteroatoms. The standard InChI is InChI=1S/C26H26N8/c1-2-3-15-34-25(28-24(31-34)16-19-9-5-4-6-10-19)17-21-14-13-20(18-27-21)22-11-7-8-12-23(22)26-29-32-33-30-26/h4-14,18H,2-3,15-17H2,1H3,(H,29,30,32,33). The molecule has 2 aromatic carbocycles. The molecule has 0 aliphatic carbocycles. The maximum Gasteiger partial charge on any atom is 0.180 e. The molecule has 5 rings (SSSR count). The molecule has 0 unspecified atom stereocenters. The van der Waals surface area contributed by atoms with Gasteiger partial charge < -0.3 is 0 Å². The van der Waals surface area contributed by atoms with Crippen molar-refractivity contribution >= 4 is 0 Å². The Morgan fingerprint density at radius 3 is 2.44 bits per heavy atom. The summed E-state index contributed by atoms with van der Waals surface area (Å²) in [5.74, 6) is 2.44. The van der Waals surface area contributed by atoms with Gasteiger partial charge in [0.25, 0.3) is 0 Å². The zero-order chi connectivity index (χ0) is 23.2. The van der Waals surface area contributed by atoms with Crippen molar-refractivity contribution in [3.05, 3.63) is 95.8 Å². The summed E-state index contributed by atoms with van der Waals surface area (Å²) in [5.41, 5.74) is 5.14. The van der Waals surface area contributed by atoms with E-state index >= 15 is 0 Å². The van der Waals surface area contributed by atoms with Gasteiger partial charge in [-0.25, -0.2) is 14.8 Å². The second kappa shape index (κ2) is 10.2. The second-order valence-electron chi connectivity index (χ2n) is 8.19. The van der Waals surface area contributed by atoms with Crippen LogP contribution >= 0.6 is 0 Å². The van der Waals surface area contributed by atoms with Crippen LogP contribution in [0.4, 0.5) is 0 Å². The molecule has 5 aromatic rings. The third-order valence-corrected chi connectivity index (χ3v) is 5.72. The summed E-state index contributed by atoms with van der Waals surface area (Å²) in [5, 5.41) is 19.1. The molecule has 0 spiro atoms. The van der Waals surface area contributed by atoms with Gasteiger partial charge >= 0.3 is 0 Å². The molecule has 0 bridgehead atoms. The van der Waals surface area contributed by atoms with E-state index in [-0.39, 0.29) is 0 Å². The van der Waals surface area contributed by atoms with Crippen LogP contribution in [0.5, 0.6) is 0 Å². The molecule has 0 fully saturated rings. The molecule has 170 valence electrons. The van der Waals surface area contributed by atoms with E-state index in [1.54, 1.807) is 0 Å². The van der Waals surface area contributed by atoms with Crippen molar-refractivity contribution in [1.82, 2.24) is 40.4 Å². The van der Waals surface area contributed by atoms with Gasteiger partial charge in [0.15, 0.2) is 11.6 Å². The lowest BCUT2D eigenvalue weighted by atomic mass is 10.0. The number of nitrogens with one attached hydrogen (secondary N) is 1. The number of benzene rings is 2. The summed E-state index contributed by atoms with van der Waals surface area (Å²) < 4.78 is 2.05. The first-order chi connectivity index (χ1) is 16.8. The Kier molecular flexibility index (Phi) is 6.47. The van der Waals surface area contributed by atoms with Crippen molar-refractivity contribution in [1.29, 1.82) is 0 Å². The molecule has 0 aliphatic rings. The number of aryl methyl sites for hydroxylation is 1. The Hall–Kier alpha value is -4.20. The number of unbranched alkanes of at least 4 members (excludes halogenated alkanes) is 1. The number of rotatable bonds is 9. The molecule has 1 N–H and O–H groups in total. The van der Waals surface area contributed by atoms with Gasteiger partial charge in [-0.15, -0.1) is 5.10 Å².